The van der Waals surface area contributed by atoms with Crippen LogP contribution in [-0.2, 0) is 12.8 Å². The zero-order chi connectivity index (χ0) is 13.3. The van der Waals surface area contributed by atoms with Crippen LogP contribution in [0.3, 0.4) is 0 Å². The van der Waals surface area contributed by atoms with Crippen molar-refractivity contribution in [1.29, 1.82) is 0 Å². The molecule has 3 rings (SSSR count). The molecule has 0 saturated carbocycles. The molecule has 0 bridgehead atoms. The van der Waals surface area contributed by atoms with Gasteiger partial charge in [-0.05, 0) is 23.0 Å². The summed E-state index contributed by atoms with van der Waals surface area (Å²) < 4.78 is 0. The van der Waals surface area contributed by atoms with E-state index in [0.29, 0.717) is 11.5 Å². The van der Waals surface area contributed by atoms with Crippen LogP contribution in [0.4, 0.5) is 0 Å². The zero-order valence-corrected chi connectivity index (χ0v) is 12.3. The van der Waals surface area contributed by atoms with Gasteiger partial charge in [-0.25, -0.2) is 4.98 Å². The van der Waals surface area contributed by atoms with Crippen LogP contribution < -0.4 is 5.32 Å². The number of nitrogens with one attached hydrogen (secondary N) is 1. The minimum atomic E-state index is 0.297. The maximum atomic E-state index is 4.34. The molecule has 1 aromatic carbocycles. The monoisotopic (exact) mass is 272 g/mol. The summed E-state index contributed by atoms with van der Waals surface area (Å²) in [6.07, 6.45) is 2.18. The van der Waals surface area contributed by atoms with E-state index >= 15 is 0 Å². The van der Waals surface area contributed by atoms with Crippen molar-refractivity contribution in [2.45, 2.75) is 32.7 Å². The Labute approximate surface area is 118 Å². The van der Waals surface area contributed by atoms with Gasteiger partial charge in [0.25, 0.3) is 0 Å². The molecule has 1 aliphatic carbocycles. The molecule has 2 aromatic rings. The molecule has 0 radical (unpaired) electrons. The molecule has 1 N–H and O–H groups in total. The second-order valence-electron chi connectivity index (χ2n) is 5.98. The van der Waals surface area contributed by atoms with E-state index in [2.05, 4.69) is 53.8 Å². The first-order valence-electron chi connectivity index (χ1n) is 6.85. The van der Waals surface area contributed by atoms with Gasteiger partial charge in [0, 0.05) is 24.4 Å². The highest BCUT2D eigenvalue weighted by atomic mass is 32.1. The molecule has 1 aliphatic rings. The standard InChI is InChI=1S/C16H20N2S/c1-16(2)9-12-5-3-4-6-14(12)15(16)17-8-7-13-10-19-11-18-13/h3-6,10-11,15,17H,7-9H2,1-2H3. The van der Waals surface area contributed by atoms with Crippen molar-refractivity contribution in [2.24, 2.45) is 5.41 Å². The van der Waals surface area contributed by atoms with Gasteiger partial charge >= 0.3 is 0 Å². The van der Waals surface area contributed by atoms with Gasteiger partial charge in [-0.3, -0.25) is 0 Å². The van der Waals surface area contributed by atoms with Gasteiger partial charge in [-0.2, -0.15) is 0 Å². The van der Waals surface area contributed by atoms with Crippen molar-refractivity contribution in [2.75, 3.05) is 6.54 Å². The Kier molecular flexibility index (Phi) is 3.42. The van der Waals surface area contributed by atoms with E-state index in [1.54, 1.807) is 11.3 Å². The SMILES string of the molecule is CC1(C)Cc2ccccc2C1NCCc1cscn1. The average molecular weight is 272 g/mol. The molecule has 19 heavy (non-hydrogen) atoms. The molecule has 3 heteroatoms. The van der Waals surface area contributed by atoms with E-state index in [1.807, 2.05) is 5.51 Å². The number of benzene rings is 1. The van der Waals surface area contributed by atoms with Crippen LogP contribution in [0, 0.1) is 5.41 Å². The second kappa shape index (κ2) is 5.06. The third-order valence-electron chi connectivity index (χ3n) is 4.01. The van der Waals surface area contributed by atoms with Gasteiger partial charge in [0.15, 0.2) is 0 Å². The highest BCUT2D eigenvalue weighted by Gasteiger charge is 2.37. The summed E-state index contributed by atoms with van der Waals surface area (Å²) in [6.45, 7) is 5.70. The fourth-order valence-electron chi connectivity index (χ4n) is 3.08. The molecule has 1 atom stereocenters. The van der Waals surface area contributed by atoms with Crippen molar-refractivity contribution in [1.82, 2.24) is 10.3 Å². The molecular formula is C16H20N2S. The molecule has 2 nitrogen and oxygen atoms in total. The van der Waals surface area contributed by atoms with E-state index in [-0.39, 0.29) is 0 Å². The summed E-state index contributed by atoms with van der Waals surface area (Å²) in [4.78, 5) is 4.34. The van der Waals surface area contributed by atoms with E-state index in [4.69, 9.17) is 0 Å². The molecule has 0 amide bonds. The Hall–Kier alpha value is -1.19. The Bertz CT molecular complexity index is 546. The number of nitrogens with zero attached hydrogens (tertiary/aromatic N) is 1. The van der Waals surface area contributed by atoms with Gasteiger partial charge < -0.3 is 5.32 Å². The summed E-state index contributed by atoms with van der Waals surface area (Å²) in [6, 6.07) is 9.29. The normalized spacial score (nSPS) is 20.4. The molecule has 100 valence electrons. The summed E-state index contributed by atoms with van der Waals surface area (Å²) in [5.41, 5.74) is 6.38. The number of rotatable bonds is 4. The maximum Gasteiger partial charge on any atom is 0.0794 e. The molecule has 0 saturated heterocycles. The highest BCUT2D eigenvalue weighted by molar-refractivity contribution is 7.07. The van der Waals surface area contributed by atoms with Gasteiger partial charge in [0.2, 0.25) is 0 Å². The van der Waals surface area contributed by atoms with E-state index < -0.39 is 0 Å². The first kappa shape index (κ1) is 12.8. The third-order valence-corrected chi connectivity index (χ3v) is 4.64. The van der Waals surface area contributed by atoms with Crippen LogP contribution in [0.1, 0.15) is 36.7 Å². The smallest absolute Gasteiger partial charge is 0.0794 e. The average Bonchev–Trinajstić information content (AvgIpc) is 2.96. The zero-order valence-electron chi connectivity index (χ0n) is 11.5. The molecule has 0 spiro atoms. The Morgan fingerprint density at radius 2 is 2.21 bits per heavy atom. The van der Waals surface area contributed by atoms with Crippen molar-refractivity contribution in [3.05, 3.63) is 52.0 Å². The fourth-order valence-corrected chi connectivity index (χ4v) is 3.68. The maximum absolute atomic E-state index is 4.34. The Balaban J connectivity index is 1.69. The van der Waals surface area contributed by atoms with Crippen molar-refractivity contribution in [3.63, 3.8) is 0 Å². The molecule has 1 heterocycles. The van der Waals surface area contributed by atoms with Crippen LogP contribution in [0.25, 0.3) is 0 Å². The lowest BCUT2D eigenvalue weighted by atomic mass is 9.85. The van der Waals surface area contributed by atoms with E-state index in [9.17, 15) is 0 Å². The van der Waals surface area contributed by atoms with E-state index in [1.165, 1.54) is 16.8 Å². The summed E-state index contributed by atoms with van der Waals surface area (Å²) in [5.74, 6) is 0. The predicted octanol–water partition coefficient (Wildman–Crippen LogP) is 3.60. The number of fused-ring (bicyclic) bond motifs is 1. The van der Waals surface area contributed by atoms with Gasteiger partial charge in [-0.15, -0.1) is 11.3 Å². The predicted molar refractivity (Wildman–Crippen MR) is 80.5 cm³/mol. The van der Waals surface area contributed by atoms with Gasteiger partial charge in [0.1, 0.15) is 0 Å². The minimum absolute atomic E-state index is 0.297. The number of hydrogen-bond donors (Lipinski definition) is 1. The summed E-state index contributed by atoms with van der Waals surface area (Å²) in [5, 5.41) is 5.87. The quantitative estimate of drug-likeness (QED) is 0.920. The van der Waals surface area contributed by atoms with Crippen LogP contribution in [0.15, 0.2) is 35.2 Å². The van der Waals surface area contributed by atoms with Crippen LogP contribution in [-0.4, -0.2) is 11.5 Å². The van der Waals surface area contributed by atoms with Crippen LogP contribution >= 0.6 is 11.3 Å². The van der Waals surface area contributed by atoms with Crippen LogP contribution in [0.2, 0.25) is 0 Å². The number of aromatic nitrogens is 1. The lowest BCUT2D eigenvalue weighted by Crippen LogP contribution is -2.32. The second-order valence-corrected chi connectivity index (χ2v) is 6.70. The topological polar surface area (TPSA) is 24.9 Å². The number of hydrogen-bond acceptors (Lipinski definition) is 3. The molecular weight excluding hydrogens is 252 g/mol. The summed E-state index contributed by atoms with van der Waals surface area (Å²) >= 11 is 1.67. The molecule has 0 aliphatic heterocycles. The molecule has 0 fully saturated rings. The van der Waals surface area contributed by atoms with Crippen molar-refractivity contribution < 1.29 is 0 Å². The summed E-state index contributed by atoms with van der Waals surface area (Å²) in [7, 11) is 0. The lowest BCUT2D eigenvalue weighted by molar-refractivity contribution is 0.270. The lowest BCUT2D eigenvalue weighted by Gasteiger charge is -2.28. The van der Waals surface area contributed by atoms with Crippen LogP contribution in [0.5, 0.6) is 0 Å². The molecule has 1 unspecified atom stereocenters. The van der Waals surface area contributed by atoms with Gasteiger partial charge in [-0.1, -0.05) is 38.1 Å². The highest BCUT2D eigenvalue weighted by Crippen LogP contribution is 2.44. The third kappa shape index (κ3) is 2.58. The molecule has 1 aromatic heterocycles. The Morgan fingerprint density at radius 3 is 3.00 bits per heavy atom. The van der Waals surface area contributed by atoms with Crippen molar-refractivity contribution in [3.8, 4) is 0 Å². The fraction of sp³-hybridized carbons (Fsp3) is 0.438. The van der Waals surface area contributed by atoms with E-state index in [0.717, 1.165) is 19.4 Å². The van der Waals surface area contributed by atoms with Gasteiger partial charge in [0.05, 0.1) is 11.2 Å². The van der Waals surface area contributed by atoms with Crippen molar-refractivity contribution >= 4 is 11.3 Å². The number of thiazole rings is 1. The Morgan fingerprint density at radius 1 is 1.37 bits per heavy atom. The first-order valence-corrected chi connectivity index (χ1v) is 7.79. The first-order chi connectivity index (χ1) is 9.17. The minimum Gasteiger partial charge on any atom is -0.309 e. The largest absolute Gasteiger partial charge is 0.309 e.